The summed E-state index contributed by atoms with van der Waals surface area (Å²) in [5, 5.41) is 0. The number of ketones is 1. The average Bonchev–Trinajstić information content (AvgIpc) is 3.41. The third-order valence-electron chi connectivity index (χ3n) is 5.74. The van der Waals surface area contributed by atoms with Gasteiger partial charge in [-0.3, -0.25) is 4.79 Å². The van der Waals surface area contributed by atoms with E-state index in [0.29, 0.717) is 28.9 Å². The van der Waals surface area contributed by atoms with Crippen molar-refractivity contribution in [3.8, 4) is 0 Å². The monoisotopic (exact) mass is 430 g/mol. The van der Waals surface area contributed by atoms with Crippen molar-refractivity contribution < 1.29 is 28.6 Å². The normalized spacial score (nSPS) is 15.8. The molecular formula is C23H30N2O6. The van der Waals surface area contributed by atoms with E-state index in [4.69, 9.17) is 14.2 Å². The Hall–Kier alpha value is -2.87. The van der Waals surface area contributed by atoms with Crippen LogP contribution >= 0.6 is 0 Å². The number of hydrogen-bond donors (Lipinski definition) is 1. The van der Waals surface area contributed by atoms with Crippen LogP contribution in [0.15, 0.2) is 6.07 Å². The molecule has 3 heterocycles. The molecule has 0 saturated carbocycles. The maximum Gasteiger partial charge on any atom is 0.355 e. The molecule has 2 aromatic rings. The number of aromatic amines is 1. The third-order valence-corrected chi connectivity index (χ3v) is 5.74. The Bertz CT molecular complexity index is 994. The first kappa shape index (κ1) is 22.8. The molecule has 8 nitrogen and oxygen atoms in total. The summed E-state index contributed by atoms with van der Waals surface area (Å²) in [6, 6.07) is 1.82. The van der Waals surface area contributed by atoms with E-state index in [2.05, 4.69) is 9.55 Å². The SMILES string of the molecule is CCOC(=O)c1c(C)[nH]c(C(=O)OCC(=O)c2cc(C)n(C[C@H]3CCCO3)c2C)c1C. The quantitative estimate of drug-likeness (QED) is 0.509. The lowest BCUT2D eigenvalue weighted by atomic mass is 10.1. The fraction of sp³-hybridized carbons (Fsp3) is 0.522. The third kappa shape index (κ3) is 4.74. The molecule has 31 heavy (non-hydrogen) atoms. The number of carbonyl (C=O) groups excluding carboxylic acids is 3. The number of nitrogens with zero attached hydrogens (tertiary/aromatic N) is 1. The largest absolute Gasteiger partial charge is 0.462 e. The van der Waals surface area contributed by atoms with Gasteiger partial charge in [0.2, 0.25) is 5.78 Å². The van der Waals surface area contributed by atoms with Gasteiger partial charge in [0.25, 0.3) is 0 Å². The van der Waals surface area contributed by atoms with Crippen molar-refractivity contribution in [3.05, 3.63) is 45.5 Å². The van der Waals surface area contributed by atoms with Gasteiger partial charge in [-0.1, -0.05) is 0 Å². The van der Waals surface area contributed by atoms with Crippen molar-refractivity contribution in [1.29, 1.82) is 0 Å². The van der Waals surface area contributed by atoms with Crippen LogP contribution in [0.3, 0.4) is 0 Å². The second-order valence-corrected chi connectivity index (χ2v) is 7.88. The van der Waals surface area contributed by atoms with E-state index in [-0.39, 0.29) is 30.8 Å². The minimum atomic E-state index is -0.683. The van der Waals surface area contributed by atoms with E-state index in [1.54, 1.807) is 20.8 Å². The molecule has 2 aromatic heterocycles. The molecule has 0 bridgehead atoms. The Balaban J connectivity index is 1.68. The molecule has 0 spiro atoms. The maximum absolute atomic E-state index is 12.7. The first-order chi connectivity index (χ1) is 14.7. The lowest BCUT2D eigenvalue weighted by molar-refractivity contribution is 0.0468. The maximum atomic E-state index is 12.7. The Morgan fingerprint density at radius 3 is 2.55 bits per heavy atom. The zero-order valence-electron chi connectivity index (χ0n) is 18.8. The molecule has 0 amide bonds. The molecular weight excluding hydrogens is 400 g/mol. The van der Waals surface area contributed by atoms with Crippen molar-refractivity contribution in [2.45, 2.75) is 60.1 Å². The molecule has 1 aliphatic rings. The lowest BCUT2D eigenvalue weighted by Crippen LogP contribution is -2.18. The van der Waals surface area contributed by atoms with Crippen LogP contribution in [-0.2, 0) is 20.8 Å². The summed E-state index contributed by atoms with van der Waals surface area (Å²) in [4.78, 5) is 40.3. The molecule has 0 aliphatic carbocycles. The van der Waals surface area contributed by atoms with Gasteiger partial charge in [0.15, 0.2) is 6.61 Å². The molecule has 3 rings (SSSR count). The highest BCUT2D eigenvalue weighted by molar-refractivity contribution is 6.02. The van der Waals surface area contributed by atoms with Gasteiger partial charge < -0.3 is 23.8 Å². The highest BCUT2D eigenvalue weighted by atomic mass is 16.5. The zero-order valence-corrected chi connectivity index (χ0v) is 18.8. The summed E-state index contributed by atoms with van der Waals surface area (Å²) in [6.45, 7) is 10.2. The fourth-order valence-electron chi connectivity index (χ4n) is 4.10. The van der Waals surface area contributed by atoms with E-state index >= 15 is 0 Å². The molecule has 1 fully saturated rings. The van der Waals surface area contributed by atoms with Gasteiger partial charge in [0.05, 0.1) is 18.3 Å². The number of Topliss-reactive ketones (excluding diaryl/α,β-unsaturated/α-hetero) is 1. The van der Waals surface area contributed by atoms with Crippen LogP contribution in [0.2, 0.25) is 0 Å². The number of nitrogens with one attached hydrogen (secondary N) is 1. The number of aryl methyl sites for hydroxylation is 2. The van der Waals surface area contributed by atoms with E-state index in [9.17, 15) is 14.4 Å². The van der Waals surface area contributed by atoms with Crippen LogP contribution in [-0.4, -0.2) is 53.2 Å². The van der Waals surface area contributed by atoms with Crippen molar-refractivity contribution in [2.75, 3.05) is 19.8 Å². The first-order valence-electron chi connectivity index (χ1n) is 10.6. The smallest absolute Gasteiger partial charge is 0.355 e. The summed E-state index contributed by atoms with van der Waals surface area (Å²) >= 11 is 0. The van der Waals surface area contributed by atoms with Gasteiger partial charge in [0, 0.05) is 35.8 Å². The number of hydrogen-bond acceptors (Lipinski definition) is 6. The fourth-order valence-corrected chi connectivity index (χ4v) is 4.10. The highest BCUT2D eigenvalue weighted by Gasteiger charge is 2.25. The van der Waals surface area contributed by atoms with Gasteiger partial charge in [-0.05, 0) is 59.1 Å². The molecule has 8 heteroatoms. The molecule has 168 valence electrons. The van der Waals surface area contributed by atoms with Crippen LogP contribution in [0.1, 0.15) is 73.6 Å². The topological polar surface area (TPSA) is 99.6 Å². The number of ether oxygens (including phenoxy) is 3. The number of H-pyrrole nitrogens is 1. The number of aromatic nitrogens is 2. The van der Waals surface area contributed by atoms with Crippen molar-refractivity contribution in [2.24, 2.45) is 0 Å². The average molecular weight is 431 g/mol. The summed E-state index contributed by atoms with van der Waals surface area (Å²) < 4.78 is 18.1. The van der Waals surface area contributed by atoms with Crippen LogP contribution in [0.5, 0.6) is 0 Å². The number of rotatable bonds is 8. The van der Waals surface area contributed by atoms with Gasteiger partial charge in [-0.2, -0.15) is 0 Å². The molecule has 0 radical (unpaired) electrons. The van der Waals surface area contributed by atoms with Gasteiger partial charge in [0.1, 0.15) is 5.69 Å². The minimum absolute atomic E-state index is 0.150. The number of carbonyl (C=O) groups is 3. The van der Waals surface area contributed by atoms with Crippen molar-refractivity contribution in [3.63, 3.8) is 0 Å². The van der Waals surface area contributed by atoms with E-state index in [1.165, 1.54) is 0 Å². The minimum Gasteiger partial charge on any atom is -0.462 e. The van der Waals surface area contributed by atoms with Crippen molar-refractivity contribution in [1.82, 2.24) is 9.55 Å². The van der Waals surface area contributed by atoms with Crippen LogP contribution in [0.4, 0.5) is 0 Å². The number of esters is 2. The predicted octanol–water partition coefficient (Wildman–Crippen LogP) is 3.45. The molecule has 0 aromatic carbocycles. The zero-order chi connectivity index (χ0) is 22.7. The summed E-state index contributed by atoms with van der Waals surface area (Å²) in [6.07, 6.45) is 2.24. The lowest BCUT2D eigenvalue weighted by Gasteiger charge is -2.14. The van der Waals surface area contributed by atoms with E-state index < -0.39 is 11.9 Å². The molecule has 1 atom stereocenters. The van der Waals surface area contributed by atoms with E-state index in [0.717, 1.165) is 30.8 Å². The Kier molecular flexibility index (Phi) is 7.00. The van der Waals surface area contributed by atoms with E-state index in [1.807, 2.05) is 19.9 Å². The Labute approximate surface area is 181 Å². The second-order valence-electron chi connectivity index (χ2n) is 7.88. The molecule has 1 N–H and O–H groups in total. The highest BCUT2D eigenvalue weighted by Crippen LogP contribution is 2.22. The summed E-state index contributed by atoms with van der Waals surface area (Å²) in [7, 11) is 0. The summed E-state index contributed by atoms with van der Waals surface area (Å²) in [5.41, 5.74) is 3.78. The second kappa shape index (κ2) is 9.51. The van der Waals surface area contributed by atoms with Gasteiger partial charge in [-0.25, -0.2) is 9.59 Å². The molecule has 1 saturated heterocycles. The standard InChI is InChI=1S/C23H30N2O6/c1-6-29-22(27)20-14(3)21(24-15(20)4)23(28)31-12-19(26)18-10-13(2)25(16(18)5)11-17-8-7-9-30-17/h10,17,24H,6-9,11-12H2,1-5H3/t17-/m1/s1. The summed E-state index contributed by atoms with van der Waals surface area (Å²) in [5.74, 6) is -1.45. The predicted molar refractivity (Wildman–Crippen MR) is 114 cm³/mol. The van der Waals surface area contributed by atoms with Crippen molar-refractivity contribution >= 4 is 17.7 Å². The molecule has 0 unspecified atom stereocenters. The Morgan fingerprint density at radius 1 is 1.16 bits per heavy atom. The van der Waals surface area contributed by atoms with Gasteiger partial charge in [-0.15, -0.1) is 0 Å². The van der Waals surface area contributed by atoms with Crippen LogP contribution in [0, 0.1) is 27.7 Å². The van der Waals surface area contributed by atoms with Crippen LogP contribution < -0.4 is 0 Å². The van der Waals surface area contributed by atoms with Gasteiger partial charge >= 0.3 is 11.9 Å². The first-order valence-corrected chi connectivity index (χ1v) is 10.6. The van der Waals surface area contributed by atoms with Crippen LogP contribution in [0.25, 0.3) is 0 Å². The Morgan fingerprint density at radius 2 is 1.90 bits per heavy atom. The molecule has 1 aliphatic heterocycles.